The predicted molar refractivity (Wildman–Crippen MR) is 55.4 cm³/mol. The Morgan fingerprint density at radius 3 is 2.27 bits per heavy atom. The van der Waals surface area contributed by atoms with Gasteiger partial charge in [-0.15, -0.1) is 0 Å². The molecule has 0 saturated carbocycles. The Kier molecular flexibility index (Phi) is 4.02. The van der Waals surface area contributed by atoms with Gasteiger partial charge in [-0.25, -0.2) is 0 Å². The van der Waals surface area contributed by atoms with Crippen LogP contribution in [0.15, 0.2) is 24.3 Å². The van der Waals surface area contributed by atoms with Gasteiger partial charge < -0.3 is 4.74 Å². The van der Waals surface area contributed by atoms with E-state index in [4.69, 9.17) is 4.74 Å². The largest absolute Gasteiger partial charge is 0.492 e. The molecule has 1 unspecified atom stereocenters. The van der Waals surface area contributed by atoms with Gasteiger partial charge in [0.05, 0.1) is 0 Å². The molecule has 1 rings (SSSR count). The molecule has 0 aliphatic heterocycles. The van der Waals surface area contributed by atoms with Crippen molar-refractivity contribution < 1.29 is 17.9 Å². The van der Waals surface area contributed by atoms with E-state index >= 15 is 0 Å². The van der Waals surface area contributed by atoms with Crippen molar-refractivity contribution in [3.05, 3.63) is 29.8 Å². The van der Waals surface area contributed by atoms with E-state index in [1.165, 1.54) is 0 Å². The maximum absolute atomic E-state index is 12.1. The van der Waals surface area contributed by atoms with Crippen LogP contribution in [0.4, 0.5) is 13.2 Å². The summed E-state index contributed by atoms with van der Waals surface area (Å²) in [6.07, 6.45) is -4.27. The topological polar surface area (TPSA) is 9.23 Å². The zero-order valence-corrected chi connectivity index (χ0v) is 9.60. The molecule has 0 N–H and O–H groups in total. The maximum atomic E-state index is 12.1. The van der Waals surface area contributed by atoms with Crippen LogP contribution in [0.1, 0.15) is 5.56 Å². The Labute approximate surface area is 94.4 Å². The third-order valence-electron chi connectivity index (χ3n) is 1.77. The van der Waals surface area contributed by atoms with Gasteiger partial charge in [0.15, 0.2) is 0 Å². The molecule has 1 atom stereocenters. The number of alkyl halides is 4. The van der Waals surface area contributed by atoms with Gasteiger partial charge in [-0.1, -0.05) is 33.6 Å². The van der Waals surface area contributed by atoms with Crippen LogP contribution in [0.5, 0.6) is 5.75 Å². The van der Waals surface area contributed by atoms with Crippen LogP contribution in [0.3, 0.4) is 0 Å². The second kappa shape index (κ2) is 4.88. The first kappa shape index (κ1) is 12.4. The molecule has 0 bridgehead atoms. The van der Waals surface area contributed by atoms with Crippen LogP contribution in [0.2, 0.25) is 0 Å². The lowest BCUT2D eigenvalue weighted by atomic mass is 10.2. The summed E-state index contributed by atoms with van der Waals surface area (Å²) >= 11 is 2.52. The molecule has 84 valence electrons. The highest BCUT2D eigenvalue weighted by atomic mass is 79.9. The monoisotopic (exact) mass is 282 g/mol. The van der Waals surface area contributed by atoms with Gasteiger partial charge in [-0.3, -0.25) is 0 Å². The highest BCUT2D eigenvalue weighted by Gasteiger charge is 2.38. The zero-order valence-electron chi connectivity index (χ0n) is 8.01. The molecule has 0 fully saturated rings. The Morgan fingerprint density at radius 2 is 1.80 bits per heavy atom. The minimum absolute atomic E-state index is 0.424. The predicted octanol–water partition coefficient (Wildman–Crippen LogP) is 3.70. The number of hydrogen-bond acceptors (Lipinski definition) is 1. The van der Waals surface area contributed by atoms with Crippen molar-refractivity contribution >= 4 is 15.9 Å². The van der Waals surface area contributed by atoms with Crippen LogP contribution in [0, 0.1) is 6.92 Å². The normalized spacial score (nSPS) is 13.7. The number of ether oxygens (including phenoxy) is 1. The fraction of sp³-hybridized carbons (Fsp3) is 0.400. The van der Waals surface area contributed by atoms with Crippen molar-refractivity contribution in [1.82, 2.24) is 0 Å². The van der Waals surface area contributed by atoms with Crippen molar-refractivity contribution in [2.75, 3.05) is 6.61 Å². The van der Waals surface area contributed by atoms with Crippen molar-refractivity contribution in [1.29, 1.82) is 0 Å². The molecular weight excluding hydrogens is 273 g/mol. The van der Waals surface area contributed by atoms with Crippen LogP contribution in [-0.2, 0) is 0 Å². The number of aryl methyl sites for hydroxylation is 1. The first-order valence-electron chi connectivity index (χ1n) is 4.30. The summed E-state index contributed by atoms with van der Waals surface area (Å²) < 4.78 is 41.2. The van der Waals surface area contributed by atoms with Crippen LogP contribution >= 0.6 is 15.9 Å². The summed E-state index contributed by atoms with van der Waals surface area (Å²) in [5, 5.41) is 0. The minimum atomic E-state index is -4.27. The lowest BCUT2D eigenvalue weighted by Crippen LogP contribution is -2.28. The van der Waals surface area contributed by atoms with Crippen molar-refractivity contribution in [2.24, 2.45) is 0 Å². The van der Waals surface area contributed by atoms with E-state index in [2.05, 4.69) is 15.9 Å². The summed E-state index contributed by atoms with van der Waals surface area (Å²) in [5.74, 6) is 0.439. The molecule has 0 aliphatic carbocycles. The van der Waals surface area contributed by atoms with E-state index in [1.54, 1.807) is 24.3 Å². The standard InChI is InChI=1S/C10H10BrF3O/c1-7-2-4-8(5-3-7)15-6-9(11)10(12,13)14/h2-5,9H,6H2,1H3. The molecule has 1 nitrogen and oxygen atoms in total. The SMILES string of the molecule is Cc1ccc(OCC(Br)C(F)(F)F)cc1. The summed E-state index contributed by atoms with van der Waals surface area (Å²) in [6, 6.07) is 6.86. The Bertz CT molecular complexity index is 307. The van der Waals surface area contributed by atoms with Gasteiger partial charge in [0.1, 0.15) is 17.2 Å². The van der Waals surface area contributed by atoms with E-state index in [0.29, 0.717) is 5.75 Å². The third kappa shape index (κ3) is 4.11. The second-order valence-electron chi connectivity index (χ2n) is 3.13. The zero-order chi connectivity index (χ0) is 11.5. The summed E-state index contributed by atoms with van der Waals surface area (Å²) in [7, 11) is 0. The Balaban J connectivity index is 2.47. The molecule has 1 aromatic rings. The average molecular weight is 283 g/mol. The van der Waals surface area contributed by atoms with Gasteiger partial charge in [0, 0.05) is 0 Å². The van der Waals surface area contributed by atoms with E-state index in [-0.39, 0.29) is 0 Å². The second-order valence-corrected chi connectivity index (χ2v) is 4.24. The van der Waals surface area contributed by atoms with Gasteiger partial charge >= 0.3 is 6.18 Å². The molecule has 15 heavy (non-hydrogen) atoms. The number of halogens is 4. The fourth-order valence-corrected chi connectivity index (χ4v) is 1.03. The molecule has 5 heteroatoms. The van der Waals surface area contributed by atoms with Crippen molar-refractivity contribution in [2.45, 2.75) is 17.9 Å². The first-order chi connectivity index (χ1) is 6.89. The maximum Gasteiger partial charge on any atom is 0.404 e. The van der Waals surface area contributed by atoms with Crippen LogP contribution in [0.25, 0.3) is 0 Å². The van der Waals surface area contributed by atoms with E-state index in [0.717, 1.165) is 5.56 Å². The number of rotatable bonds is 3. The minimum Gasteiger partial charge on any atom is -0.492 e. The van der Waals surface area contributed by atoms with E-state index in [1.807, 2.05) is 6.92 Å². The Morgan fingerprint density at radius 1 is 1.27 bits per heavy atom. The third-order valence-corrected chi connectivity index (χ3v) is 2.56. The molecule has 0 aliphatic rings. The summed E-state index contributed by atoms with van der Waals surface area (Å²) in [4.78, 5) is -1.63. The Hall–Kier alpha value is -0.710. The molecule has 0 aromatic heterocycles. The van der Waals surface area contributed by atoms with E-state index < -0.39 is 17.6 Å². The van der Waals surface area contributed by atoms with Crippen LogP contribution < -0.4 is 4.74 Å². The van der Waals surface area contributed by atoms with Gasteiger partial charge in [0.2, 0.25) is 0 Å². The smallest absolute Gasteiger partial charge is 0.404 e. The molecule has 0 spiro atoms. The summed E-state index contributed by atoms with van der Waals surface area (Å²) in [5.41, 5.74) is 1.04. The molecule has 0 radical (unpaired) electrons. The highest BCUT2D eigenvalue weighted by molar-refractivity contribution is 9.09. The number of hydrogen-bond donors (Lipinski definition) is 0. The molecule has 0 amide bonds. The molecule has 1 aromatic carbocycles. The average Bonchev–Trinajstić information content (AvgIpc) is 2.15. The van der Waals surface area contributed by atoms with Crippen molar-refractivity contribution in [3.63, 3.8) is 0 Å². The van der Waals surface area contributed by atoms with Crippen LogP contribution in [-0.4, -0.2) is 17.6 Å². The first-order valence-corrected chi connectivity index (χ1v) is 5.21. The van der Waals surface area contributed by atoms with Crippen molar-refractivity contribution in [3.8, 4) is 5.75 Å². The van der Waals surface area contributed by atoms with Gasteiger partial charge in [0.25, 0.3) is 0 Å². The van der Waals surface area contributed by atoms with Gasteiger partial charge in [-0.2, -0.15) is 13.2 Å². The lowest BCUT2D eigenvalue weighted by molar-refractivity contribution is -0.132. The highest BCUT2D eigenvalue weighted by Crippen LogP contribution is 2.27. The quantitative estimate of drug-likeness (QED) is 0.768. The number of benzene rings is 1. The van der Waals surface area contributed by atoms with E-state index in [9.17, 15) is 13.2 Å². The fourth-order valence-electron chi connectivity index (χ4n) is 0.898. The molecule has 0 heterocycles. The molecular formula is C10H10BrF3O. The molecule has 0 saturated heterocycles. The lowest BCUT2D eigenvalue weighted by Gasteiger charge is -2.14. The summed E-state index contributed by atoms with van der Waals surface area (Å²) in [6.45, 7) is 1.47. The van der Waals surface area contributed by atoms with Gasteiger partial charge in [-0.05, 0) is 19.1 Å².